The van der Waals surface area contributed by atoms with E-state index in [9.17, 15) is 18.8 Å². The second kappa shape index (κ2) is 7.94. The van der Waals surface area contributed by atoms with Gasteiger partial charge in [0.25, 0.3) is 5.56 Å². The highest BCUT2D eigenvalue weighted by molar-refractivity contribution is 7.17. The third kappa shape index (κ3) is 3.76. The zero-order chi connectivity index (χ0) is 20.5. The molecule has 0 bridgehead atoms. The van der Waals surface area contributed by atoms with E-state index in [1.165, 1.54) is 22.0 Å². The highest BCUT2D eigenvalue weighted by Crippen LogP contribution is 2.18. The van der Waals surface area contributed by atoms with Crippen molar-refractivity contribution in [3.63, 3.8) is 0 Å². The van der Waals surface area contributed by atoms with Gasteiger partial charge in [0, 0.05) is 18.7 Å². The van der Waals surface area contributed by atoms with Crippen LogP contribution in [0.25, 0.3) is 10.2 Å². The van der Waals surface area contributed by atoms with E-state index in [2.05, 4.69) is 6.92 Å². The van der Waals surface area contributed by atoms with Crippen molar-refractivity contribution in [1.29, 1.82) is 0 Å². The highest BCUT2D eigenvalue weighted by Gasteiger charge is 2.23. The molecule has 0 saturated carbocycles. The molecule has 0 atom stereocenters. The molecule has 4 rings (SSSR count). The number of piperidine rings is 1. The third-order valence-electron chi connectivity index (χ3n) is 5.55. The number of carbonyl (C=O) groups excluding carboxylic acids is 1. The Morgan fingerprint density at radius 2 is 1.86 bits per heavy atom. The Bertz CT molecular complexity index is 1170. The SMILES string of the molecule is CC1CCN(C(=O)Cn2c(=O)n(Cc3ccccc3F)c(=O)c3sccc32)CC1. The number of nitrogens with zero attached hydrogens (tertiary/aromatic N) is 3. The van der Waals surface area contributed by atoms with E-state index in [4.69, 9.17) is 0 Å². The molecule has 8 heteroatoms. The van der Waals surface area contributed by atoms with Gasteiger partial charge in [-0.1, -0.05) is 25.1 Å². The summed E-state index contributed by atoms with van der Waals surface area (Å²) in [5, 5.41) is 1.72. The topological polar surface area (TPSA) is 64.3 Å². The Hall–Kier alpha value is -2.74. The molecule has 0 aliphatic carbocycles. The molecule has 0 spiro atoms. The first-order chi connectivity index (χ1) is 14.0. The molecule has 0 unspecified atom stereocenters. The molecule has 3 heterocycles. The van der Waals surface area contributed by atoms with E-state index in [0.29, 0.717) is 29.2 Å². The van der Waals surface area contributed by atoms with E-state index in [0.717, 1.165) is 17.4 Å². The summed E-state index contributed by atoms with van der Waals surface area (Å²) in [7, 11) is 0. The van der Waals surface area contributed by atoms with Crippen LogP contribution in [-0.4, -0.2) is 33.0 Å². The molecule has 1 amide bonds. The second-order valence-electron chi connectivity index (χ2n) is 7.55. The standard InChI is InChI=1S/C21H22FN3O3S/c1-14-6-9-23(10-7-14)18(26)13-24-17-8-11-29-19(17)20(27)25(21(24)28)12-15-4-2-3-5-16(15)22/h2-5,8,11,14H,6-7,9-10,12-13H2,1H3. The van der Waals surface area contributed by atoms with Crippen LogP contribution in [0, 0.1) is 11.7 Å². The zero-order valence-electron chi connectivity index (χ0n) is 16.1. The van der Waals surface area contributed by atoms with Crippen molar-refractivity contribution in [3.05, 3.63) is 67.9 Å². The molecule has 1 aliphatic rings. The Balaban J connectivity index is 1.73. The van der Waals surface area contributed by atoms with Gasteiger partial charge in [-0.15, -0.1) is 11.3 Å². The predicted molar refractivity (Wildman–Crippen MR) is 111 cm³/mol. The van der Waals surface area contributed by atoms with Crippen molar-refractivity contribution in [3.8, 4) is 0 Å². The Morgan fingerprint density at radius 1 is 1.14 bits per heavy atom. The average Bonchev–Trinajstić information content (AvgIpc) is 3.20. The van der Waals surface area contributed by atoms with Crippen LogP contribution in [0.3, 0.4) is 0 Å². The fourth-order valence-electron chi connectivity index (χ4n) is 3.72. The molecule has 1 aliphatic heterocycles. The van der Waals surface area contributed by atoms with Gasteiger partial charge in [0.2, 0.25) is 5.91 Å². The summed E-state index contributed by atoms with van der Waals surface area (Å²) in [6, 6.07) is 7.74. The largest absolute Gasteiger partial charge is 0.341 e. The zero-order valence-corrected chi connectivity index (χ0v) is 17.0. The van der Waals surface area contributed by atoms with Crippen LogP contribution in [0.4, 0.5) is 4.39 Å². The van der Waals surface area contributed by atoms with E-state index < -0.39 is 17.1 Å². The summed E-state index contributed by atoms with van der Waals surface area (Å²) < 4.78 is 16.8. The van der Waals surface area contributed by atoms with Crippen molar-refractivity contribution in [2.24, 2.45) is 5.92 Å². The van der Waals surface area contributed by atoms with Gasteiger partial charge in [-0.3, -0.25) is 18.7 Å². The lowest BCUT2D eigenvalue weighted by atomic mass is 9.99. The van der Waals surface area contributed by atoms with Crippen LogP contribution in [0.1, 0.15) is 25.3 Å². The summed E-state index contributed by atoms with van der Waals surface area (Å²) >= 11 is 1.22. The number of hydrogen-bond donors (Lipinski definition) is 0. The molecule has 0 N–H and O–H groups in total. The molecule has 3 aromatic rings. The van der Waals surface area contributed by atoms with Gasteiger partial charge in [-0.2, -0.15) is 0 Å². The smallest absolute Gasteiger partial charge is 0.332 e. The van der Waals surface area contributed by atoms with Gasteiger partial charge in [-0.05, 0) is 36.3 Å². The molecule has 152 valence electrons. The van der Waals surface area contributed by atoms with Crippen molar-refractivity contribution in [2.75, 3.05) is 13.1 Å². The Morgan fingerprint density at radius 3 is 2.59 bits per heavy atom. The quantitative estimate of drug-likeness (QED) is 0.658. The van der Waals surface area contributed by atoms with Crippen LogP contribution >= 0.6 is 11.3 Å². The molecule has 29 heavy (non-hydrogen) atoms. The van der Waals surface area contributed by atoms with Crippen LogP contribution in [-0.2, 0) is 17.9 Å². The van der Waals surface area contributed by atoms with Crippen LogP contribution in [0.5, 0.6) is 0 Å². The number of amides is 1. The predicted octanol–water partition coefficient (Wildman–Crippen LogP) is 2.67. The fraction of sp³-hybridized carbons (Fsp3) is 0.381. The Kier molecular flexibility index (Phi) is 5.36. The summed E-state index contributed by atoms with van der Waals surface area (Å²) in [4.78, 5) is 40.6. The maximum Gasteiger partial charge on any atom is 0.332 e. The summed E-state index contributed by atoms with van der Waals surface area (Å²) in [5.74, 6) is -0.0224. The minimum absolute atomic E-state index is 0.127. The number of hydrogen-bond acceptors (Lipinski definition) is 4. The summed E-state index contributed by atoms with van der Waals surface area (Å²) in [6.45, 7) is 3.22. The molecule has 2 aromatic heterocycles. The monoisotopic (exact) mass is 415 g/mol. The van der Waals surface area contributed by atoms with Crippen molar-refractivity contribution < 1.29 is 9.18 Å². The van der Waals surface area contributed by atoms with E-state index in [-0.39, 0.29) is 24.6 Å². The molecular formula is C21H22FN3O3S. The van der Waals surface area contributed by atoms with Gasteiger partial charge in [0.15, 0.2) is 0 Å². The number of fused-ring (bicyclic) bond motifs is 1. The van der Waals surface area contributed by atoms with Crippen molar-refractivity contribution in [1.82, 2.24) is 14.0 Å². The second-order valence-corrected chi connectivity index (χ2v) is 8.47. The molecule has 1 aromatic carbocycles. The first-order valence-electron chi connectivity index (χ1n) is 9.67. The van der Waals surface area contributed by atoms with Gasteiger partial charge in [0.05, 0.1) is 12.1 Å². The Labute approximate surface area is 170 Å². The lowest BCUT2D eigenvalue weighted by molar-refractivity contribution is -0.133. The number of thiophene rings is 1. The van der Waals surface area contributed by atoms with Gasteiger partial charge < -0.3 is 4.90 Å². The first-order valence-corrected chi connectivity index (χ1v) is 10.6. The fourth-order valence-corrected chi connectivity index (χ4v) is 4.56. The van der Waals surface area contributed by atoms with Crippen LogP contribution in [0.15, 0.2) is 45.3 Å². The summed E-state index contributed by atoms with van der Waals surface area (Å²) in [5.41, 5.74) is -0.347. The van der Waals surface area contributed by atoms with Crippen molar-refractivity contribution >= 4 is 27.5 Å². The minimum atomic E-state index is -0.595. The van der Waals surface area contributed by atoms with E-state index >= 15 is 0 Å². The third-order valence-corrected chi connectivity index (χ3v) is 6.44. The van der Waals surface area contributed by atoms with Crippen LogP contribution < -0.4 is 11.2 Å². The molecular weight excluding hydrogens is 393 g/mol. The van der Waals surface area contributed by atoms with Gasteiger partial charge >= 0.3 is 5.69 Å². The molecule has 0 radical (unpaired) electrons. The van der Waals surface area contributed by atoms with Gasteiger partial charge in [-0.25, -0.2) is 9.18 Å². The van der Waals surface area contributed by atoms with Crippen LogP contribution in [0.2, 0.25) is 0 Å². The van der Waals surface area contributed by atoms with Crippen molar-refractivity contribution in [2.45, 2.75) is 32.9 Å². The molecule has 6 nitrogen and oxygen atoms in total. The number of likely N-dealkylation sites (tertiary alicyclic amines) is 1. The maximum atomic E-state index is 14.1. The number of halogens is 1. The minimum Gasteiger partial charge on any atom is -0.341 e. The first kappa shape index (κ1) is 19.6. The lowest BCUT2D eigenvalue weighted by Crippen LogP contribution is -2.45. The normalized spacial score (nSPS) is 15.2. The number of benzene rings is 1. The number of rotatable bonds is 4. The molecule has 1 saturated heterocycles. The summed E-state index contributed by atoms with van der Waals surface area (Å²) in [6.07, 6.45) is 1.89. The van der Waals surface area contributed by atoms with E-state index in [1.54, 1.807) is 34.5 Å². The van der Waals surface area contributed by atoms with E-state index in [1.807, 2.05) is 0 Å². The number of carbonyl (C=O) groups is 1. The lowest BCUT2D eigenvalue weighted by Gasteiger charge is -2.30. The molecule has 1 fully saturated rings. The highest BCUT2D eigenvalue weighted by atomic mass is 32.1. The maximum absolute atomic E-state index is 14.1. The van der Waals surface area contributed by atoms with Gasteiger partial charge in [0.1, 0.15) is 17.1 Å². The number of aromatic nitrogens is 2. The average molecular weight is 415 g/mol.